The van der Waals surface area contributed by atoms with Gasteiger partial charge in [-0.05, 0) is 38.2 Å². The van der Waals surface area contributed by atoms with Gasteiger partial charge in [0.15, 0.2) is 5.69 Å². The van der Waals surface area contributed by atoms with Crippen LogP contribution in [0.2, 0.25) is 0 Å². The van der Waals surface area contributed by atoms with E-state index < -0.39 is 0 Å². The molecule has 2 aromatic heterocycles. The molecule has 1 aliphatic heterocycles. The number of nitrogens with zero attached hydrogens (tertiary/aromatic N) is 4. The molecule has 0 unspecified atom stereocenters. The molecule has 0 spiro atoms. The summed E-state index contributed by atoms with van der Waals surface area (Å²) >= 11 is 0. The number of carbonyl (C=O) groups is 1. The second-order valence-electron chi connectivity index (χ2n) is 6.34. The van der Waals surface area contributed by atoms with E-state index in [1.54, 1.807) is 18.3 Å². The number of piperidine rings is 1. The maximum Gasteiger partial charge on any atom is 0.276 e. The number of aryl methyl sites for hydroxylation is 1. The maximum atomic E-state index is 12.9. The lowest BCUT2D eigenvalue weighted by Crippen LogP contribution is -2.44. The molecular weight excluding hydrogens is 308 g/mol. The van der Waals surface area contributed by atoms with Gasteiger partial charge >= 0.3 is 0 Å². The van der Waals surface area contributed by atoms with Crippen LogP contribution in [0.1, 0.15) is 47.5 Å². The number of aromatic nitrogens is 3. The molecular formula is C17H20N4O3. The Hall–Kier alpha value is -2.44. The summed E-state index contributed by atoms with van der Waals surface area (Å²) < 4.78 is 11.2. The first-order valence-corrected chi connectivity index (χ1v) is 8.52. The zero-order valence-electron chi connectivity index (χ0n) is 13.5. The Balaban J connectivity index is 1.46. The fourth-order valence-electron chi connectivity index (χ4n) is 3.44. The van der Waals surface area contributed by atoms with Gasteiger partial charge in [0.25, 0.3) is 5.91 Å². The molecule has 1 amide bonds. The second-order valence-corrected chi connectivity index (χ2v) is 6.34. The first kappa shape index (κ1) is 15.1. The van der Waals surface area contributed by atoms with Gasteiger partial charge in [-0.3, -0.25) is 4.79 Å². The van der Waals surface area contributed by atoms with Crippen LogP contribution >= 0.6 is 0 Å². The van der Waals surface area contributed by atoms with Crippen LogP contribution in [0.15, 0.2) is 22.9 Å². The third-order valence-corrected chi connectivity index (χ3v) is 4.65. The average molecular weight is 328 g/mol. The van der Waals surface area contributed by atoms with Crippen molar-refractivity contribution < 1.29 is 14.1 Å². The van der Waals surface area contributed by atoms with E-state index in [0.29, 0.717) is 18.1 Å². The summed E-state index contributed by atoms with van der Waals surface area (Å²) in [7, 11) is 0. The lowest BCUT2D eigenvalue weighted by molar-refractivity contribution is 0.0516. The van der Waals surface area contributed by atoms with Crippen LogP contribution in [-0.2, 0) is 12.8 Å². The SMILES string of the molecule is O=C(c1noc2c1CCCC2)N1CCC[C@@H](Oc2cccnn2)C1. The number of ether oxygens (including phenoxy) is 1. The van der Waals surface area contributed by atoms with Crippen LogP contribution in [-0.4, -0.2) is 45.4 Å². The second kappa shape index (κ2) is 6.59. The summed E-state index contributed by atoms with van der Waals surface area (Å²) in [6.07, 6.45) is 7.30. The highest BCUT2D eigenvalue weighted by molar-refractivity contribution is 5.94. The first-order valence-electron chi connectivity index (χ1n) is 8.52. The van der Waals surface area contributed by atoms with Gasteiger partial charge in [0.1, 0.15) is 11.9 Å². The van der Waals surface area contributed by atoms with Crippen molar-refractivity contribution in [3.63, 3.8) is 0 Å². The summed E-state index contributed by atoms with van der Waals surface area (Å²) in [5.41, 5.74) is 1.49. The summed E-state index contributed by atoms with van der Waals surface area (Å²) in [5.74, 6) is 1.33. The molecule has 1 aliphatic carbocycles. The van der Waals surface area contributed by atoms with Gasteiger partial charge in [0.05, 0.1) is 6.54 Å². The Morgan fingerprint density at radius 2 is 2.21 bits per heavy atom. The Kier molecular flexibility index (Phi) is 4.15. The Morgan fingerprint density at radius 1 is 1.29 bits per heavy atom. The fourth-order valence-corrected chi connectivity index (χ4v) is 3.44. The van der Waals surface area contributed by atoms with Gasteiger partial charge in [0.2, 0.25) is 5.88 Å². The highest BCUT2D eigenvalue weighted by Gasteiger charge is 2.31. The minimum absolute atomic E-state index is 0.0469. The van der Waals surface area contributed by atoms with E-state index in [9.17, 15) is 4.79 Å². The van der Waals surface area contributed by atoms with E-state index >= 15 is 0 Å². The third-order valence-electron chi connectivity index (χ3n) is 4.65. The van der Waals surface area contributed by atoms with Crippen LogP contribution < -0.4 is 4.74 Å². The minimum Gasteiger partial charge on any atom is -0.471 e. The highest BCUT2D eigenvalue weighted by Crippen LogP contribution is 2.26. The van der Waals surface area contributed by atoms with Gasteiger partial charge < -0.3 is 14.2 Å². The summed E-state index contributed by atoms with van der Waals surface area (Å²) in [6, 6.07) is 3.57. The zero-order valence-corrected chi connectivity index (χ0v) is 13.5. The van der Waals surface area contributed by atoms with Crippen LogP contribution in [0.25, 0.3) is 0 Å². The van der Waals surface area contributed by atoms with E-state index in [1.807, 2.05) is 4.90 Å². The van der Waals surface area contributed by atoms with Crippen molar-refractivity contribution in [1.82, 2.24) is 20.3 Å². The first-order chi connectivity index (χ1) is 11.8. The van der Waals surface area contributed by atoms with Crippen molar-refractivity contribution >= 4 is 5.91 Å². The van der Waals surface area contributed by atoms with E-state index in [-0.39, 0.29) is 12.0 Å². The minimum atomic E-state index is -0.0675. The third kappa shape index (κ3) is 2.98. The molecule has 0 bridgehead atoms. The molecule has 24 heavy (non-hydrogen) atoms. The van der Waals surface area contributed by atoms with E-state index in [2.05, 4.69) is 15.4 Å². The highest BCUT2D eigenvalue weighted by atomic mass is 16.5. The lowest BCUT2D eigenvalue weighted by atomic mass is 9.96. The Bertz CT molecular complexity index is 716. The van der Waals surface area contributed by atoms with Crippen molar-refractivity contribution in [2.75, 3.05) is 13.1 Å². The molecule has 0 N–H and O–H groups in total. The predicted octanol–water partition coefficient (Wildman–Crippen LogP) is 2.03. The normalized spacial score (nSPS) is 20.5. The monoisotopic (exact) mass is 328 g/mol. The van der Waals surface area contributed by atoms with Gasteiger partial charge in [-0.25, -0.2) is 0 Å². The number of carbonyl (C=O) groups excluding carboxylic acids is 1. The topological polar surface area (TPSA) is 81.4 Å². The van der Waals surface area contributed by atoms with Crippen molar-refractivity contribution in [3.05, 3.63) is 35.3 Å². The molecule has 0 saturated carbocycles. The molecule has 2 aromatic rings. The van der Waals surface area contributed by atoms with Crippen molar-refractivity contribution in [3.8, 4) is 5.88 Å². The number of hydrogen-bond donors (Lipinski definition) is 0. The smallest absolute Gasteiger partial charge is 0.276 e. The molecule has 0 aromatic carbocycles. The van der Waals surface area contributed by atoms with Crippen LogP contribution in [0.4, 0.5) is 0 Å². The summed E-state index contributed by atoms with van der Waals surface area (Å²) in [5, 5.41) is 11.8. The molecule has 1 saturated heterocycles. The number of amides is 1. The number of hydrogen-bond acceptors (Lipinski definition) is 6. The van der Waals surface area contributed by atoms with Gasteiger partial charge in [0, 0.05) is 30.8 Å². The number of rotatable bonds is 3. The van der Waals surface area contributed by atoms with Crippen LogP contribution in [0, 0.1) is 0 Å². The zero-order chi connectivity index (χ0) is 16.4. The van der Waals surface area contributed by atoms with Gasteiger partial charge in [-0.1, -0.05) is 5.16 Å². The summed E-state index contributed by atoms with van der Waals surface area (Å²) in [6.45, 7) is 1.26. The van der Waals surface area contributed by atoms with Crippen LogP contribution in [0.3, 0.4) is 0 Å². The standard InChI is InChI=1S/C17H20N4O3/c22-17(16-13-6-1-2-7-14(13)24-20-16)21-10-4-5-12(11-21)23-15-8-3-9-18-19-15/h3,8-9,12H,1-2,4-7,10-11H2/t12-/m1/s1. The van der Waals surface area contributed by atoms with Crippen molar-refractivity contribution in [2.24, 2.45) is 0 Å². The van der Waals surface area contributed by atoms with Crippen LogP contribution in [0.5, 0.6) is 5.88 Å². The summed E-state index contributed by atoms with van der Waals surface area (Å²) in [4.78, 5) is 14.7. The Labute approximate surface area is 140 Å². The molecule has 7 heteroatoms. The molecule has 1 fully saturated rings. The molecule has 3 heterocycles. The average Bonchev–Trinajstić information content (AvgIpc) is 3.06. The molecule has 126 valence electrons. The molecule has 0 radical (unpaired) electrons. The maximum absolute atomic E-state index is 12.9. The lowest BCUT2D eigenvalue weighted by Gasteiger charge is -2.32. The van der Waals surface area contributed by atoms with Gasteiger partial charge in [-0.15, -0.1) is 5.10 Å². The largest absolute Gasteiger partial charge is 0.471 e. The molecule has 7 nitrogen and oxygen atoms in total. The van der Waals surface area contributed by atoms with E-state index in [0.717, 1.165) is 56.4 Å². The Morgan fingerprint density at radius 3 is 3.08 bits per heavy atom. The number of fused-ring (bicyclic) bond motifs is 1. The van der Waals surface area contributed by atoms with Gasteiger partial charge in [-0.2, -0.15) is 5.10 Å². The number of likely N-dealkylation sites (tertiary alicyclic amines) is 1. The molecule has 2 aliphatic rings. The van der Waals surface area contributed by atoms with Crippen molar-refractivity contribution in [2.45, 2.75) is 44.6 Å². The fraction of sp³-hybridized carbons (Fsp3) is 0.529. The predicted molar refractivity (Wildman–Crippen MR) is 84.7 cm³/mol. The quantitative estimate of drug-likeness (QED) is 0.857. The van der Waals surface area contributed by atoms with E-state index in [1.165, 1.54) is 0 Å². The molecule has 4 rings (SSSR count). The van der Waals surface area contributed by atoms with Crippen molar-refractivity contribution in [1.29, 1.82) is 0 Å². The van der Waals surface area contributed by atoms with E-state index in [4.69, 9.17) is 9.26 Å². The molecule has 1 atom stereocenters.